The topological polar surface area (TPSA) is 136 Å². The van der Waals surface area contributed by atoms with Gasteiger partial charge in [0.1, 0.15) is 5.75 Å². The summed E-state index contributed by atoms with van der Waals surface area (Å²) >= 11 is 0. The molecule has 1 heterocycles. The van der Waals surface area contributed by atoms with Gasteiger partial charge in [0.05, 0.1) is 28.0 Å². The first-order valence-corrected chi connectivity index (χ1v) is 10.8. The Labute approximate surface area is 183 Å². The van der Waals surface area contributed by atoms with Gasteiger partial charge in [-0.1, -0.05) is 12.1 Å². The summed E-state index contributed by atoms with van der Waals surface area (Å²) in [6, 6.07) is 18.6. The van der Waals surface area contributed by atoms with E-state index in [1.54, 1.807) is 55.6 Å². The highest BCUT2D eigenvalue weighted by molar-refractivity contribution is 7.92. The Hall–Kier alpha value is -4.25. The molecule has 0 aliphatic rings. The van der Waals surface area contributed by atoms with Gasteiger partial charge < -0.3 is 10.1 Å². The standard InChI is InChI=1S/C21H17N5O5S/c1-31-16-10-6-14(7-11-16)22-20-21(24-19-5-3-2-4-18(19)23-20)25-32(29,30)17-12-8-15(9-13-17)26(27)28/h2-13H,1H3,(H,22,23)(H,24,25). The molecule has 162 valence electrons. The minimum atomic E-state index is -4.08. The van der Waals surface area contributed by atoms with E-state index in [1.807, 2.05) is 0 Å². The number of rotatable bonds is 7. The van der Waals surface area contributed by atoms with Gasteiger partial charge in [0, 0.05) is 17.8 Å². The highest BCUT2D eigenvalue weighted by Gasteiger charge is 2.20. The summed E-state index contributed by atoms with van der Waals surface area (Å²) in [5, 5.41) is 13.9. The minimum Gasteiger partial charge on any atom is -0.497 e. The number of fused-ring (bicyclic) bond motifs is 1. The largest absolute Gasteiger partial charge is 0.497 e. The molecule has 10 nitrogen and oxygen atoms in total. The number of anilines is 3. The van der Waals surface area contributed by atoms with Crippen molar-refractivity contribution in [2.45, 2.75) is 4.90 Å². The monoisotopic (exact) mass is 451 g/mol. The van der Waals surface area contributed by atoms with E-state index >= 15 is 0 Å². The molecular weight excluding hydrogens is 434 g/mol. The number of benzene rings is 3. The summed E-state index contributed by atoms with van der Waals surface area (Å²) in [4.78, 5) is 19.0. The van der Waals surface area contributed by atoms with Crippen molar-refractivity contribution in [2.24, 2.45) is 0 Å². The number of hydrogen-bond acceptors (Lipinski definition) is 8. The molecule has 11 heteroatoms. The van der Waals surface area contributed by atoms with Gasteiger partial charge in [0.2, 0.25) is 0 Å². The Morgan fingerprint density at radius 2 is 1.47 bits per heavy atom. The fourth-order valence-electron chi connectivity index (χ4n) is 2.90. The number of para-hydroxylation sites is 2. The summed E-state index contributed by atoms with van der Waals surface area (Å²) in [6.07, 6.45) is 0. The number of nitrogens with zero attached hydrogens (tertiary/aromatic N) is 3. The normalized spacial score (nSPS) is 11.2. The minimum absolute atomic E-state index is 0.0159. The molecule has 1 aromatic heterocycles. The second kappa shape index (κ2) is 8.47. The Balaban J connectivity index is 1.72. The van der Waals surface area contributed by atoms with Crippen LogP contribution in [-0.4, -0.2) is 30.4 Å². The molecule has 0 bridgehead atoms. The molecule has 0 saturated heterocycles. The molecule has 0 unspecified atom stereocenters. The van der Waals surface area contributed by atoms with Crippen LogP contribution in [0.2, 0.25) is 0 Å². The van der Waals surface area contributed by atoms with Crippen LogP contribution in [0.5, 0.6) is 5.75 Å². The van der Waals surface area contributed by atoms with Crippen molar-refractivity contribution in [3.8, 4) is 5.75 Å². The highest BCUT2D eigenvalue weighted by atomic mass is 32.2. The van der Waals surface area contributed by atoms with Crippen molar-refractivity contribution in [1.82, 2.24) is 9.97 Å². The van der Waals surface area contributed by atoms with Crippen LogP contribution in [0.4, 0.5) is 23.0 Å². The molecule has 0 spiro atoms. The van der Waals surface area contributed by atoms with Gasteiger partial charge in [0.25, 0.3) is 15.7 Å². The lowest BCUT2D eigenvalue weighted by Gasteiger charge is -2.14. The molecule has 2 N–H and O–H groups in total. The van der Waals surface area contributed by atoms with Crippen LogP contribution >= 0.6 is 0 Å². The molecule has 0 saturated carbocycles. The predicted octanol–water partition coefficient (Wildman–Crippen LogP) is 4.09. The number of non-ortho nitro benzene ring substituents is 1. The van der Waals surface area contributed by atoms with Crippen molar-refractivity contribution >= 4 is 44.1 Å². The number of nitrogens with one attached hydrogen (secondary N) is 2. The van der Waals surface area contributed by atoms with Gasteiger partial charge in [-0.05, 0) is 48.5 Å². The smallest absolute Gasteiger partial charge is 0.269 e. The van der Waals surface area contributed by atoms with Crippen LogP contribution in [0.1, 0.15) is 0 Å². The van der Waals surface area contributed by atoms with Crippen LogP contribution in [0.15, 0.2) is 77.7 Å². The van der Waals surface area contributed by atoms with Crippen LogP contribution in [0, 0.1) is 10.1 Å². The third-order valence-corrected chi connectivity index (χ3v) is 5.87. The van der Waals surface area contributed by atoms with Gasteiger partial charge in [0.15, 0.2) is 11.6 Å². The fraction of sp³-hybridized carbons (Fsp3) is 0.0476. The SMILES string of the molecule is COc1ccc(Nc2nc3ccccc3nc2NS(=O)(=O)c2ccc([N+](=O)[O-])cc2)cc1. The third kappa shape index (κ3) is 4.42. The lowest BCUT2D eigenvalue weighted by molar-refractivity contribution is -0.384. The first-order chi connectivity index (χ1) is 15.4. The van der Waals surface area contributed by atoms with Crippen molar-refractivity contribution < 1.29 is 18.1 Å². The average Bonchev–Trinajstić information content (AvgIpc) is 2.80. The maximum absolute atomic E-state index is 12.9. The summed E-state index contributed by atoms with van der Waals surface area (Å²) in [7, 11) is -2.53. The molecule has 0 fully saturated rings. The average molecular weight is 451 g/mol. The third-order valence-electron chi connectivity index (χ3n) is 4.51. The van der Waals surface area contributed by atoms with E-state index in [1.165, 1.54) is 0 Å². The fourth-order valence-corrected chi connectivity index (χ4v) is 3.91. The summed E-state index contributed by atoms with van der Waals surface area (Å²) in [5.74, 6) is 0.844. The van der Waals surface area contributed by atoms with E-state index in [2.05, 4.69) is 20.0 Å². The summed E-state index contributed by atoms with van der Waals surface area (Å²) < 4.78 is 33.4. The quantitative estimate of drug-likeness (QED) is 0.317. The van der Waals surface area contributed by atoms with Gasteiger partial charge in [-0.15, -0.1) is 0 Å². The molecule has 0 aliphatic carbocycles. The first kappa shape index (κ1) is 21.0. The van der Waals surface area contributed by atoms with Gasteiger partial charge in [-0.2, -0.15) is 0 Å². The van der Waals surface area contributed by atoms with E-state index in [-0.39, 0.29) is 22.2 Å². The number of nitro groups is 1. The Morgan fingerprint density at radius 1 is 0.875 bits per heavy atom. The number of hydrogen-bond donors (Lipinski definition) is 2. The highest BCUT2D eigenvalue weighted by Crippen LogP contribution is 2.28. The van der Waals surface area contributed by atoms with Crippen LogP contribution in [-0.2, 0) is 10.0 Å². The number of nitro benzene ring substituents is 1. The van der Waals surface area contributed by atoms with Crippen molar-refractivity contribution in [2.75, 3.05) is 17.1 Å². The van der Waals surface area contributed by atoms with Crippen molar-refractivity contribution in [3.63, 3.8) is 0 Å². The van der Waals surface area contributed by atoms with Gasteiger partial charge >= 0.3 is 0 Å². The molecule has 32 heavy (non-hydrogen) atoms. The molecule has 3 aromatic carbocycles. The maximum Gasteiger partial charge on any atom is 0.269 e. The zero-order valence-corrected chi connectivity index (χ0v) is 17.5. The molecular formula is C21H17N5O5S. The van der Waals surface area contributed by atoms with Crippen LogP contribution in [0.3, 0.4) is 0 Å². The second-order valence-electron chi connectivity index (χ2n) is 6.62. The number of sulfonamides is 1. The van der Waals surface area contributed by atoms with Crippen LogP contribution < -0.4 is 14.8 Å². The van der Waals surface area contributed by atoms with Crippen LogP contribution in [0.25, 0.3) is 11.0 Å². The Kier molecular flexibility index (Phi) is 5.56. The number of ether oxygens (including phenoxy) is 1. The zero-order valence-electron chi connectivity index (χ0n) is 16.7. The van der Waals surface area contributed by atoms with E-state index in [9.17, 15) is 18.5 Å². The van der Waals surface area contributed by atoms with E-state index in [0.717, 1.165) is 24.3 Å². The lowest BCUT2D eigenvalue weighted by Crippen LogP contribution is -2.16. The molecule has 0 radical (unpaired) electrons. The lowest BCUT2D eigenvalue weighted by atomic mass is 10.3. The molecule has 4 rings (SSSR count). The van der Waals surface area contributed by atoms with E-state index in [4.69, 9.17) is 4.74 Å². The maximum atomic E-state index is 12.9. The Morgan fingerprint density at radius 3 is 2.03 bits per heavy atom. The molecule has 0 atom stereocenters. The van der Waals surface area contributed by atoms with E-state index < -0.39 is 14.9 Å². The first-order valence-electron chi connectivity index (χ1n) is 9.31. The van der Waals surface area contributed by atoms with Gasteiger partial charge in [-0.3, -0.25) is 14.8 Å². The molecule has 0 aliphatic heterocycles. The Bertz CT molecular complexity index is 1390. The van der Waals surface area contributed by atoms with Crippen molar-refractivity contribution in [1.29, 1.82) is 0 Å². The molecule has 0 amide bonds. The number of aromatic nitrogens is 2. The van der Waals surface area contributed by atoms with Gasteiger partial charge in [-0.25, -0.2) is 18.4 Å². The molecule has 4 aromatic rings. The number of methoxy groups -OCH3 is 1. The van der Waals surface area contributed by atoms with Crippen molar-refractivity contribution in [3.05, 3.63) is 82.9 Å². The summed E-state index contributed by atoms with van der Waals surface area (Å²) in [5.41, 5.74) is 1.50. The second-order valence-corrected chi connectivity index (χ2v) is 8.30. The summed E-state index contributed by atoms with van der Waals surface area (Å²) in [6.45, 7) is 0. The zero-order chi connectivity index (χ0) is 22.7. The van der Waals surface area contributed by atoms with E-state index in [0.29, 0.717) is 22.5 Å². The predicted molar refractivity (Wildman–Crippen MR) is 120 cm³/mol.